The van der Waals surface area contributed by atoms with E-state index in [0.29, 0.717) is 5.56 Å². The van der Waals surface area contributed by atoms with Crippen molar-refractivity contribution in [3.05, 3.63) is 47.9 Å². The second-order valence-electron chi connectivity index (χ2n) is 5.10. The van der Waals surface area contributed by atoms with Gasteiger partial charge in [0.2, 0.25) is 0 Å². The zero-order chi connectivity index (χ0) is 12.8. The number of amides is 1. The van der Waals surface area contributed by atoms with Gasteiger partial charge in [-0.2, -0.15) is 0 Å². The van der Waals surface area contributed by atoms with Gasteiger partial charge in [-0.1, -0.05) is 0 Å². The first-order valence-electron chi connectivity index (χ1n) is 6.48. The highest BCUT2D eigenvalue weighted by atomic mass is 16.3. The minimum absolute atomic E-state index is 0.0516. The molecule has 5 nitrogen and oxygen atoms in total. The highest BCUT2D eigenvalue weighted by Gasteiger charge is 2.43. The molecule has 96 valence electrons. The predicted octanol–water partition coefficient (Wildman–Crippen LogP) is 1.97. The molecule has 0 saturated carbocycles. The number of nitrogens with zero attached hydrogens (tertiary/aromatic N) is 3. The Morgan fingerprint density at radius 3 is 3.21 bits per heavy atom. The number of furan rings is 1. The van der Waals surface area contributed by atoms with Crippen LogP contribution >= 0.6 is 0 Å². The summed E-state index contributed by atoms with van der Waals surface area (Å²) in [5, 5.41) is 0. The van der Waals surface area contributed by atoms with Gasteiger partial charge in [-0.15, -0.1) is 0 Å². The largest absolute Gasteiger partial charge is 0.472 e. The van der Waals surface area contributed by atoms with E-state index in [1.807, 2.05) is 11.1 Å². The van der Waals surface area contributed by atoms with Crippen molar-refractivity contribution in [2.75, 3.05) is 0 Å². The molecule has 0 radical (unpaired) electrons. The first-order chi connectivity index (χ1) is 9.34. The smallest absolute Gasteiger partial charge is 0.257 e. The Morgan fingerprint density at radius 1 is 1.42 bits per heavy atom. The van der Waals surface area contributed by atoms with Crippen molar-refractivity contribution >= 4 is 5.91 Å². The average molecular weight is 255 g/mol. The summed E-state index contributed by atoms with van der Waals surface area (Å²) < 4.78 is 5.01. The molecule has 5 heteroatoms. The Kier molecular flexibility index (Phi) is 2.21. The van der Waals surface area contributed by atoms with Crippen LogP contribution in [0.15, 0.2) is 35.5 Å². The second-order valence-corrected chi connectivity index (χ2v) is 5.10. The molecule has 2 aliphatic heterocycles. The Hall–Kier alpha value is -2.17. The highest BCUT2D eigenvalue weighted by Crippen LogP contribution is 2.43. The number of hydrogen-bond donors (Lipinski definition) is 0. The van der Waals surface area contributed by atoms with E-state index in [0.717, 1.165) is 30.5 Å². The fourth-order valence-corrected chi connectivity index (χ4v) is 3.27. The molecule has 0 aliphatic carbocycles. The van der Waals surface area contributed by atoms with Crippen molar-refractivity contribution in [1.82, 2.24) is 14.9 Å². The summed E-state index contributed by atoms with van der Waals surface area (Å²) in [6.45, 7) is 0. The van der Waals surface area contributed by atoms with E-state index in [-0.39, 0.29) is 18.0 Å². The first-order valence-corrected chi connectivity index (χ1v) is 6.48. The summed E-state index contributed by atoms with van der Waals surface area (Å²) in [5.41, 5.74) is 2.82. The molecular formula is C14H13N3O2. The van der Waals surface area contributed by atoms with Gasteiger partial charge in [-0.25, -0.2) is 9.97 Å². The number of rotatable bonds is 1. The molecule has 2 aliphatic rings. The van der Waals surface area contributed by atoms with Crippen LogP contribution in [0.2, 0.25) is 0 Å². The third kappa shape index (κ3) is 1.51. The maximum Gasteiger partial charge on any atom is 0.257 e. The predicted molar refractivity (Wildman–Crippen MR) is 66.4 cm³/mol. The van der Waals surface area contributed by atoms with Gasteiger partial charge in [-0.3, -0.25) is 4.79 Å². The third-order valence-corrected chi connectivity index (χ3v) is 4.12. The Labute approximate surface area is 110 Å². The van der Waals surface area contributed by atoms with Crippen molar-refractivity contribution in [2.24, 2.45) is 0 Å². The number of carbonyl (C=O) groups is 1. The molecule has 2 aromatic rings. The molecule has 2 atom stereocenters. The number of aromatic nitrogens is 2. The zero-order valence-electron chi connectivity index (χ0n) is 10.3. The number of carbonyl (C=O) groups excluding carboxylic acids is 1. The summed E-state index contributed by atoms with van der Waals surface area (Å²) in [7, 11) is 0. The van der Waals surface area contributed by atoms with Gasteiger partial charge in [0.15, 0.2) is 0 Å². The van der Waals surface area contributed by atoms with Crippen molar-refractivity contribution in [3.63, 3.8) is 0 Å². The fraction of sp³-hybridized carbons (Fsp3) is 0.357. The van der Waals surface area contributed by atoms with E-state index in [2.05, 4.69) is 9.97 Å². The average Bonchev–Trinajstić information content (AvgIpc) is 3.06. The van der Waals surface area contributed by atoms with Crippen LogP contribution in [0.25, 0.3) is 0 Å². The maximum absolute atomic E-state index is 12.6. The molecule has 19 heavy (non-hydrogen) atoms. The molecule has 2 bridgehead atoms. The summed E-state index contributed by atoms with van der Waals surface area (Å²) in [6, 6.07) is 2.10. The molecule has 4 heterocycles. The summed E-state index contributed by atoms with van der Waals surface area (Å²) in [6.07, 6.45) is 9.35. The molecule has 0 spiro atoms. The molecular weight excluding hydrogens is 242 g/mol. The number of fused-ring (bicyclic) bond motifs is 4. The lowest BCUT2D eigenvalue weighted by molar-refractivity contribution is 0.0643. The topological polar surface area (TPSA) is 59.2 Å². The molecule has 0 N–H and O–H groups in total. The molecule has 1 saturated heterocycles. The maximum atomic E-state index is 12.6. The second kappa shape index (κ2) is 3.91. The Bertz CT molecular complexity index is 623. The van der Waals surface area contributed by atoms with Gasteiger partial charge in [0.1, 0.15) is 12.6 Å². The van der Waals surface area contributed by atoms with Crippen molar-refractivity contribution in [3.8, 4) is 0 Å². The van der Waals surface area contributed by atoms with Crippen molar-refractivity contribution in [1.29, 1.82) is 0 Å². The van der Waals surface area contributed by atoms with Crippen LogP contribution < -0.4 is 0 Å². The van der Waals surface area contributed by atoms with Gasteiger partial charge in [-0.05, 0) is 18.9 Å². The third-order valence-electron chi connectivity index (χ3n) is 4.12. The van der Waals surface area contributed by atoms with Crippen molar-refractivity contribution in [2.45, 2.75) is 31.3 Å². The summed E-state index contributed by atoms with van der Waals surface area (Å²) in [4.78, 5) is 23.0. The first kappa shape index (κ1) is 10.7. The molecule has 2 unspecified atom stereocenters. The normalized spacial score (nSPS) is 24.3. The van der Waals surface area contributed by atoms with E-state index >= 15 is 0 Å². The van der Waals surface area contributed by atoms with Crippen LogP contribution in [0.1, 0.15) is 40.5 Å². The van der Waals surface area contributed by atoms with E-state index in [9.17, 15) is 4.79 Å². The van der Waals surface area contributed by atoms with Crippen LogP contribution in [0.3, 0.4) is 0 Å². The lowest BCUT2D eigenvalue weighted by Crippen LogP contribution is -2.42. The van der Waals surface area contributed by atoms with Crippen molar-refractivity contribution < 1.29 is 9.21 Å². The van der Waals surface area contributed by atoms with E-state index in [1.165, 1.54) is 12.5 Å². The van der Waals surface area contributed by atoms with Gasteiger partial charge in [0.25, 0.3) is 5.91 Å². The SMILES string of the molecule is O=C(c1ccoc1)N1C2CCC1c1cncnc1C2. The van der Waals surface area contributed by atoms with Gasteiger partial charge < -0.3 is 9.32 Å². The molecule has 2 aromatic heterocycles. The van der Waals surface area contributed by atoms with Crippen LogP contribution in [-0.2, 0) is 6.42 Å². The Morgan fingerprint density at radius 2 is 2.37 bits per heavy atom. The molecule has 1 amide bonds. The molecule has 0 aromatic carbocycles. The van der Waals surface area contributed by atoms with Crippen LogP contribution in [-0.4, -0.2) is 26.8 Å². The summed E-state index contributed by atoms with van der Waals surface area (Å²) >= 11 is 0. The lowest BCUT2D eigenvalue weighted by Gasteiger charge is -2.35. The van der Waals surface area contributed by atoms with Crippen LogP contribution in [0.5, 0.6) is 0 Å². The number of hydrogen-bond acceptors (Lipinski definition) is 4. The lowest BCUT2D eigenvalue weighted by atomic mass is 9.98. The highest BCUT2D eigenvalue weighted by molar-refractivity contribution is 5.94. The van der Waals surface area contributed by atoms with Gasteiger partial charge >= 0.3 is 0 Å². The van der Waals surface area contributed by atoms with Crippen LogP contribution in [0.4, 0.5) is 0 Å². The molecule has 1 fully saturated rings. The van der Waals surface area contributed by atoms with Gasteiger partial charge in [0, 0.05) is 24.2 Å². The summed E-state index contributed by atoms with van der Waals surface area (Å²) in [5.74, 6) is 0.0516. The monoisotopic (exact) mass is 255 g/mol. The van der Waals surface area contributed by atoms with Gasteiger partial charge in [0.05, 0.1) is 23.6 Å². The zero-order valence-corrected chi connectivity index (χ0v) is 10.3. The van der Waals surface area contributed by atoms with E-state index < -0.39 is 0 Å². The van der Waals surface area contributed by atoms with Crippen LogP contribution in [0, 0.1) is 0 Å². The fourth-order valence-electron chi connectivity index (χ4n) is 3.27. The Balaban J connectivity index is 1.75. The quantitative estimate of drug-likeness (QED) is 0.781. The van der Waals surface area contributed by atoms with E-state index in [1.54, 1.807) is 12.4 Å². The minimum atomic E-state index is 0.0516. The van der Waals surface area contributed by atoms with E-state index in [4.69, 9.17) is 4.42 Å². The standard InChI is InChI=1S/C14H13N3O2/c18-14(9-3-4-19-7-9)17-10-1-2-13(17)11-6-15-8-16-12(11)5-10/h3-4,6-8,10,13H,1-2,5H2. The minimum Gasteiger partial charge on any atom is -0.472 e. The molecule has 4 rings (SSSR count).